The SMILES string of the molecule is COc1c(CCCC2CCN(C(=O)OC(C)(C)C)CC2)ccc2[nH]c(COc3ccc(Cl)cc3)nc12. The highest BCUT2D eigenvalue weighted by Gasteiger charge is 2.26. The number of methoxy groups -OCH3 is 1. The number of amides is 1. The summed E-state index contributed by atoms with van der Waals surface area (Å²) in [6.07, 6.45) is 4.96. The van der Waals surface area contributed by atoms with Crippen molar-refractivity contribution >= 4 is 28.7 Å². The van der Waals surface area contributed by atoms with Crippen molar-refractivity contribution in [2.24, 2.45) is 5.92 Å². The van der Waals surface area contributed by atoms with Gasteiger partial charge in [-0.15, -0.1) is 0 Å². The van der Waals surface area contributed by atoms with Gasteiger partial charge in [-0.2, -0.15) is 0 Å². The van der Waals surface area contributed by atoms with Crippen molar-refractivity contribution in [2.75, 3.05) is 20.2 Å². The number of imidazole rings is 1. The quantitative estimate of drug-likeness (QED) is 0.359. The van der Waals surface area contributed by atoms with Crippen LogP contribution in [-0.2, 0) is 17.8 Å². The number of aromatic nitrogens is 2. The summed E-state index contributed by atoms with van der Waals surface area (Å²) in [6.45, 7) is 7.58. The van der Waals surface area contributed by atoms with E-state index in [0.29, 0.717) is 17.5 Å². The van der Waals surface area contributed by atoms with Crippen LogP contribution in [0.5, 0.6) is 11.5 Å². The molecular formula is C28H36ClN3O4. The van der Waals surface area contributed by atoms with Crippen LogP contribution in [0.25, 0.3) is 11.0 Å². The third kappa shape index (κ3) is 6.84. The Balaban J connectivity index is 1.30. The maximum atomic E-state index is 12.3. The second kappa shape index (κ2) is 11.4. The second-order valence-electron chi connectivity index (χ2n) is 10.4. The number of H-pyrrole nitrogens is 1. The molecular weight excluding hydrogens is 478 g/mol. The zero-order valence-electron chi connectivity index (χ0n) is 21.6. The molecule has 1 N–H and O–H groups in total. The predicted octanol–water partition coefficient (Wildman–Crippen LogP) is 6.77. The first-order valence-electron chi connectivity index (χ1n) is 12.6. The molecule has 0 bridgehead atoms. The van der Waals surface area contributed by atoms with Crippen LogP contribution in [0.3, 0.4) is 0 Å². The molecule has 4 rings (SSSR count). The molecule has 1 amide bonds. The summed E-state index contributed by atoms with van der Waals surface area (Å²) < 4.78 is 17.1. The van der Waals surface area contributed by atoms with Gasteiger partial charge in [-0.1, -0.05) is 17.7 Å². The van der Waals surface area contributed by atoms with E-state index in [0.717, 1.165) is 79.1 Å². The van der Waals surface area contributed by atoms with Crippen molar-refractivity contribution in [1.29, 1.82) is 0 Å². The van der Waals surface area contributed by atoms with E-state index in [1.165, 1.54) is 0 Å². The molecule has 36 heavy (non-hydrogen) atoms. The Kier molecular flexibility index (Phi) is 8.29. The molecule has 2 heterocycles. The average molecular weight is 514 g/mol. The van der Waals surface area contributed by atoms with Gasteiger partial charge in [0.15, 0.2) is 0 Å². The summed E-state index contributed by atoms with van der Waals surface area (Å²) in [6, 6.07) is 11.5. The lowest BCUT2D eigenvalue weighted by Gasteiger charge is -2.33. The van der Waals surface area contributed by atoms with Crippen molar-refractivity contribution in [3.8, 4) is 11.5 Å². The van der Waals surface area contributed by atoms with Gasteiger partial charge in [0.25, 0.3) is 0 Å². The number of likely N-dealkylation sites (tertiary alicyclic amines) is 1. The highest BCUT2D eigenvalue weighted by molar-refractivity contribution is 6.30. The number of halogens is 1. The second-order valence-corrected chi connectivity index (χ2v) is 10.8. The molecule has 3 aromatic rings. The topological polar surface area (TPSA) is 76.7 Å². The fraction of sp³-hybridized carbons (Fsp3) is 0.500. The lowest BCUT2D eigenvalue weighted by molar-refractivity contribution is 0.0180. The Morgan fingerprint density at radius 3 is 2.53 bits per heavy atom. The van der Waals surface area contributed by atoms with Crippen LogP contribution < -0.4 is 9.47 Å². The first-order valence-corrected chi connectivity index (χ1v) is 13.0. The van der Waals surface area contributed by atoms with E-state index in [2.05, 4.69) is 17.1 Å². The Hall–Kier alpha value is -2.93. The van der Waals surface area contributed by atoms with Gasteiger partial charge in [0.2, 0.25) is 0 Å². The molecule has 0 radical (unpaired) electrons. The van der Waals surface area contributed by atoms with Gasteiger partial charge in [-0.05, 0) is 94.7 Å². The van der Waals surface area contributed by atoms with Gasteiger partial charge >= 0.3 is 6.09 Å². The number of rotatable bonds is 8. The maximum absolute atomic E-state index is 12.3. The maximum Gasteiger partial charge on any atom is 0.410 e. The molecule has 7 nitrogen and oxygen atoms in total. The fourth-order valence-corrected chi connectivity index (χ4v) is 4.76. The van der Waals surface area contributed by atoms with Gasteiger partial charge in [0.1, 0.15) is 35.0 Å². The Morgan fingerprint density at radius 2 is 1.86 bits per heavy atom. The number of ether oxygens (including phenoxy) is 3. The van der Waals surface area contributed by atoms with Crippen LogP contribution >= 0.6 is 11.6 Å². The summed E-state index contributed by atoms with van der Waals surface area (Å²) in [4.78, 5) is 22.2. The van der Waals surface area contributed by atoms with E-state index < -0.39 is 5.60 Å². The van der Waals surface area contributed by atoms with Gasteiger partial charge in [-0.3, -0.25) is 0 Å². The van der Waals surface area contributed by atoms with E-state index in [4.69, 9.17) is 30.8 Å². The lowest BCUT2D eigenvalue weighted by Crippen LogP contribution is -2.41. The third-order valence-electron chi connectivity index (χ3n) is 6.46. The van der Waals surface area contributed by atoms with E-state index in [9.17, 15) is 4.79 Å². The summed E-state index contributed by atoms with van der Waals surface area (Å²) in [5, 5.41) is 0.676. The number of carbonyl (C=O) groups excluding carboxylic acids is 1. The van der Waals surface area contributed by atoms with E-state index >= 15 is 0 Å². The number of nitrogens with zero attached hydrogens (tertiary/aromatic N) is 2. The molecule has 0 spiro atoms. The largest absolute Gasteiger partial charge is 0.494 e. The minimum atomic E-state index is -0.451. The van der Waals surface area contributed by atoms with Crippen LogP contribution in [0, 0.1) is 5.92 Å². The highest BCUT2D eigenvalue weighted by atomic mass is 35.5. The number of nitrogens with one attached hydrogen (secondary N) is 1. The van der Waals surface area contributed by atoms with Crippen molar-refractivity contribution < 1.29 is 19.0 Å². The molecule has 1 saturated heterocycles. The monoisotopic (exact) mass is 513 g/mol. The summed E-state index contributed by atoms with van der Waals surface area (Å²) in [7, 11) is 1.70. The standard InChI is InChI=1S/C28H36ClN3O4/c1-28(2,3)36-27(33)32-16-14-19(15-17-32)6-5-7-20-8-13-23-25(26(20)34-4)31-24(30-23)18-35-22-11-9-21(29)10-12-22/h8-13,19H,5-7,14-18H2,1-4H3,(H,30,31). The molecule has 0 unspecified atom stereocenters. The molecule has 8 heteroatoms. The van der Waals surface area contributed by atoms with Crippen molar-refractivity contribution in [3.63, 3.8) is 0 Å². The molecule has 1 fully saturated rings. The number of fused-ring (bicyclic) bond motifs is 1. The summed E-state index contributed by atoms with van der Waals surface area (Å²) in [5.41, 5.74) is 2.47. The Labute approximate surface area is 218 Å². The molecule has 1 aliphatic rings. The van der Waals surface area contributed by atoms with Gasteiger partial charge in [-0.25, -0.2) is 9.78 Å². The van der Waals surface area contributed by atoms with Crippen molar-refractivity contribution in [1.82, 2.24) is 14.9 Å². The smallest absolute Gasteiger partial charge is 0.410 e. The first kappa shape index (κ1) is 26.1. The zero-order valence-corrected chi connectivity index (χ0v) is 22.4. The Bertz CT molecular complexity index is 1160. The molecule has 1 aliphatic heterocycles. The van der Waals surface area contributed by atoms with Crippen molar-refractivity contribution in [3.05, 3.63) is 52.8 Å². The number of benzene rings is 2. The van der Waals surface area contributed by atoms with Crippen LogP contribution in [0.4, 0.5) is 4.79 Å². The van der Waals surface area contributed by atoms with E-state index in [-0.39, 0.29) is 6.09 Å². The lowest BCUT2D eigenvalue weighted by atomic mass is 9.90. The zero-order chi connectivity index (χ0) is 25.7. The minimum Gasteiger partial charge on any atom is -0.494 e. The molecule has 0 saturated carbocycles. The summed E-state index contributed by atoms with van der Waals surface area (Å²) >= 11 is 5.94. The normalized spacial score (nSPS) is 14.8. The highest BCUT2D eigenvalue weighted by Crippen LogP contribution is 2.31. The predicted molar refractivity (Wildman–Crippen MR) is 142 cm³/mol. The molecule has 0 aliphatic carbocycles. The van der Waals surface area contributed by atoms with Crippen molar-refractivity contribution in [2.45, 2.75) is 65.1 Å². The first-order chi connectivity index (χ1) is 17.2. The van der Waals surface area contributed by atoms with E-state index in [1.807, 2.05) is 37.8 Å². The third-order valence-corrected chi connectivity index (χ3v) is 6.71. The summed E-state index contributed by atoms with van der Waals surface area (Å²) in [5.74, 6) is 2.93. The van der Waals surface area contributed by atoms with Crippen LogP contribution in [0.15, 0.2) is 36.4 Å². The van der Waals surface area contributed by atoms with Gasteiger partial charge in [0.05, 0.1) is 12.6 Å². The molecule has 194 valence electrons. The van der Waals surface area contributed by atoms with E-state index in [1.54, 1.807) is 19.2 Å². The number of piperidine rings is 1. The fourth-order valence-electron chi connectivity index (χ4n) is 4.63. The minimum absolute atomic E-state index is 0.198. The number of hydrogen-bond donors (Lipinski definition) is 1. The number of carbonyl (C=O) groups is 1. The molecule has 1 aromatic heterocycles. The molecule has 0 atom stereocenters. The van der Waals surface area contributed by atoms with Gasteiger partial charge in [0, 0.05) is 18.1 Å². The molecule has 2 aromatic carbocycles. The number of aryl methyl sites for hydroxylation is 1. The van der Waals surface area contributed by atoms with Gasteiger partial charge < -0.3 is 24.1 Å². The van der Waals surface area contributed by atoms with Crippen LogP contribution in [0.1, 0.15) is 57.8 Å². The van der Waals surface area contributed by atoms with Crippen LogP contribution in [0.2, 0.25) is 5.02 Å². The Morgan fingerprint density at radius 1 is 1.14 bits per heavy atom. The number of hydrogen-bond acceptors (Lipinski definition) is 5. The average Bonchev–Trinajstić information content (AvgIpc) is 3.26. The van der Waals surface area contributed by atoms with Crippen LogP contribution in [-0.4, -0.2) is 46.8 Å². The number of aromatic amines is 1.